The van der Waals surface area contributed by atoms with Crippen LogP contribution in [0.2, 0.25) is 0 Å². The Morgan fingerprint density at radius 3 is 2.86 bits per heavy atom. The van der Waals surface area contributed by atoms with Crippen molar-refractivity contribution in [2.24, 2.45) is 0 Å². The quantitative estimate of drug-likeness (QED) is 0.743. The number of nitrogens with two attached hydrogens (primary N) is 1. The summed E-state index contributed by atoms with van der Waals surface area (Å²) in [5, 5.41) is 0. The van der Waals surface area contributed by atoms with E-state index in [1.165, 1.54) is 18.4 Å². The zero-order valence-corrected chi connectivity index (χ0v) is 8.62. The van der Waals surface area contributed by atoms with Crippen molar-refractivity contribution in [3.05, 3.63) is 23.8 Å². The third-order valence-electron chi connectivity index (χ3n) is 2.51. The fourth-order valence-corrected chi connectivity index (χ4v) is 1.62. The first-order chi connectivity index (χ1) is 6.81. The maximum Gasteiger partial charge on any atom is 0.122 e. The van der Waals surface area contributed by atoms with Gasteiger partial charge in [0.25, 0.3) is 0 Å². The van der Waals surface area contributed by atoms with E-state index in [-0.39, 0.29) is 0 Å². The van der Waals surface area contributed by atoms with E-state index in [0.29, 0.717) is 5.92 Å². The number of anilines is 1. The first-order valence-corrected chi connectivity index (χ1v) is 5.33. The standard InChI is InChI=1S/C12H17NO/c1-2-7-14-12-6-5-10(13)8-11(12)9-3-4-9/h5-6,8-9H,2-4,7,13H2,1H3. The second kappa shape index (κ2) is 3.91. The van der Waals surface area contributed by atoms with Gasteiger partial charge < -0.3 is 10.5 Å². The van der Waals surface area contributed by atoms with Gasteiger partial charge in [0.05, 0.1) is 6.61 Å². The zero-order chi connectivity index (χ0) is 9.97. The molecule has 2 N–H and O–H groups in total. The summed E-state index contributed by atoms with van der Waals surface area (Å²) in [5.74, 6) is 1.73. The molecule has 1 fully saturated rings. The summed E-state index contributed by atoms with van der Waals surface area (Å²) in [5.41, 5.74) is 7.91. The van der Waals surface area contributed by atoms with Crippen molar-refractivity contribution < 1.29 is 4.74 Å². The molecule has 0 bridgehead atoms. The van der Waals surface area contributed by atoms with Crippen LogP contribution in [0.25, 0.3) is 0 Å². The lowest BCUT2D eigenvalue weighted by atomic mass is 10.1. The minimum absolute atomic E-state index is 0.699. The van der Waals surface area contributed by atoms with E-state index in [0.717, 1.165) is 24.5 Å². The molecule has 0 radical (unpaired) electrons. The van der Waals surface area contributed by atoms with Crippen LogP contribution in [0.4, 0.5) is 5.69 Å². The SMILES string of the molecule is CCCOc1ccc(N)cc1C1CC1. The predicted molar refractivity (Wildman–Crippen MR) is 58.6 cm³/mol. The van der Waals surface area contributed by atoms with Crippen molar-refractivity contribution in [2.45, 2.75) is 32.1 Å². The van der Waals surface area contributed by atoms with Crippen molar-refractivity contribution in [2.75, 3.05) is 12.3 Å². The Morgan fingerprint density at radius 2 is 2.21 bits per heavy atom. The van der Waals surface area contributed by atoms with Crippen molar-refractivity contribution >= 4 is 5.69 Å². The summed E-state index contributed by atoms with van der Waals surface area (Å²) < 4.78 is 5.69. The first kappa shape index (κ1) is 9.38. The highest BCUT2D eigenvalue weighted by Gasteiger charge is 2.26. The molecule has 1 aromatic rings. The molecular formula is C12H17NO. The van der Waals surface area contributed by atoms with E-state index in [4.69, 9.17) is 10.5 Å². The van der Waals surface area contributed by atoms with Gasteiger partial charge in [-0.05, 0) is 48.9 Å². The fourth-order valence-electron chi connectivity index (χ4n) is 1.62. The summed E-state index contributed by atoms with van der Waals surface area (Å²) in [6, 6.07) is 5.97. The van der Waals surface area contributed by atoms with E-state index in [2.05, 4.69) is 13.0 Å². The Hall–Kier alpha value is -1.18. The van der Waals surface area contributed by atoms with E-state index in [9.17, 15) is 0 Å². The van der Waals surface area contributed by atoms with Gasteiger partial charge in [-0.3, -0.25) is 0 Å². The second-order valence-electron chi connectivity index (χ2n) is 3.92. The van der Waals surface area contributed by atoms with Crippen LogP contribution in [0.1, 0.15) is 37.7 Å². The lowest BCUT2D eigenvalue weighted by molar-refractivity contribution is 0.314. The molecule has 2 heteroatoms. The normalized spacial score (nSPS) is 15.5. The maximum atomic E-state index is 5.77. The van der Waals surface area contributed by atoms with Gasteiger partial charge in [-0.25, -0.2) is 0 Å². The summed E-state index contributed by atoms with van der Waals surface area (Å²) in [7, 11) is 0. The molecule has 2 nitrogen and oxygen atoms in total. The Bertz CT molecular complexity index is 318. The van der Waals surface area contributed by atoms with Crippen molar-refractivity contribution in [3.63, 3.8) is 0 Å². The smallest absolute Gasteiger partial charge is 0.122 e. The molecule has 0 aromatic heterocycles. The Labute approximate surface area is 85.1 Å². The molecule has 0 saturated heterocycles. The average molecular weight is 191 g/mol. The average Bonchev–Trinajstić information content (AvgIpc) is 2.99. The number of nitrogen functional groups attached to an aromatic ring is 1. The number of hydrogen-bond donors (Lipinski definition) is 1. The lowest BCUT2D eigenvalue weighted by Gasteiger charge is -2.10. The molecule has 2 rings (SSSR count). The van der Waals surface area contributed by atoms with Crippen molar-refractivity contribution in [1.82, 2.24) is 0 Å². The monoisotopic (exact) mass is 191 g/mol. The minimum atomic E-state index is 0.699. The van der Waals surface area contributed by atoms with Gasteiger partial charge in [0.1, 0.15) is 5.75 Å². The van der Waals surface area contributed by atoms with E-state index in [1.807, 2.05) is 12.1 Å². The van der Waals surface area contributed by atoms with Gasteiger partial charge in [-0.15, -0.1) is 0 Å². The summed E-state index contributed by atoms with van der Waals surface area (Å²) in [4.78, 5) is 0. The highest BCUT2D eigenvalue weighted by molar-refractivity contribution is 5.50. The maximum absolute atomic E-state index is 5.77. The molecule has 0 amide bonds. The molecule has 14 heavy (non-hydrogen) atoms. The fraction of sp³-hybridized carbons (Fsp3) is 0.500. The molecule has 0 spiro atoms. The molecule has 0 atom stereocenters. The molecule has 0 unspecified atom stereocenters. The molecule has 0 heterocycles. The lowest BCUT2D eigenvalue weighted by Crippen LogP contribution is -1.99. The van der Waals surface area contributed by atoms with Gasteiger partial charge >= 0.3 is 0 Å². The Kier molecular flexibility index (Phi) is 2.62. The number of hydrogen-bond acceptors (Lipinski definition) is 2. The molecular weight excluding hydrogens is 174 g/mol. The van der Waals surface area contributed by atoms with Crippen molar-refractivity contribution in [1.29, 1.82) is 0 Å². The predicted octanol–water partition coefficient (Wildman–Crippen LogP) is 2.94. The zero-order valence-electron chi connectivity index (χ0n) is 8.62. The Morgan fingerprint density at radius 1 is 1.43 bits per heavy atom. The number of ether oxygens (including phenoxy) is 1. The van der Waals surface area contributed by atoms with E-state index < -0.39 is 0 Å². The highest BCUT2D eigenvalue weighted by atomic mass is 16.5. The van der Waals surface area contributed by atoms with Crippen LogP contribution in [0.15, 0.2) is 18.2 Å². The summed E-state index contributed by atoms with van der Waals surface area (Å²) in [6.45, 7) is 2.91. The first-order valence-electron chi connectivity index (χ1n) is 5.33. The van der Waals surface area contributed by atoms with Crippen LogP contribution in [0.3, 0.4) is 0 Å². The van der Waals surface area contributed by atoms with Crippen LogP contribution in [0, 0.1) is 0 Å². The van der Waals surface area contributed by atoms with Crippen molar-refractivity contribution in [3.8, 4) is 5.75 Å². The van der Waals surface area contributed by atoms with Gasteiger partial charge in [0.15, 0.2) is 0 Å². The molecule has 76 valence electrons. The molecule has 1 aliphatic carbocycles. The molecule has 1 aromatic carbocycles. The second-order valence-corrected chi connectivity index (χ2v) is 3.92. The summed E-state index contributed by atoms with van der Waals surface area (Å²) >= 11 is 0. The third-order valence-corrected chi connectivity index (χ3v) is 2.51. The van der Waals surface area contributed by atoms with E-state index >= 15 is 0 Å². The third kappa shape index (κ3) is 2.00. The molecule has 1 aliphatic rings. The molecule has 0 aliphatic heterocycles. The van der Waals surface area contributed by atoms with Crippen LogP contribution in [0.5, 0.6) is 5.75 Å². The van der Waals surface area contributed by atoms with Crippen LogP contribution < -0.4 is 10.5 Å². The minimum Gasteiger partial charge on any atom is -0.493 e. The van der Waals surface area contributed by atoms with Gasteiger partial charge in [-0.1, -0.05) is 6.92 Å². The van der Waals surface area contributed by atoms with Gasteiger partial charge in [0, 0.05) is 5.69 Å². The summed E-state index contributed by atoms with van der Waals surface area (Å²) in [6.07, 6.45) is 3.62. The van der Waals surface area contributed by atoms with Crippen LogP contribution >= 0.6 is 0 Å². The number of benzene rings is 1. The topological polar surface area (TPSA) is 35.2 Å². The Balaban J connectivity index is 2.19. The van der Waals surface area contributed by atoms with Gasteiger partial charge in [0.2, 0.25) is 0 Å². The van der Waals surface area contributed by atoms with E-state index in [1.54, 1.807) is 0 Å². The van der Waals surface area contributed by atoms with Gasteiger partial charge in [-0.2, -0.15) is 0 Å². The largest absolute Gasteiger partial charge is 0.493 e. The number of rotatable bonds is 4. The van der Waals surface area contributed by atoms with Crippen LogP contribution in [-0.2, 0) is 0 Å². The molecule has 1 saturated carbocycles. The highest BCUT2D eigenvalue weighted by Crippen LogP contribution is 2.44. The van der Waals surface area contributed by atoms with Crippen LogP contribution in [-0.4, -0.2) is 6.61 Å².